The molecule has 1 aromatic carbocycles. The zero-order chi connectivity index (χ0) is 14.3. The third-order valence-corrected chi connectivity index (χ3v) is 2.15. The summed E-state index contributed by atoms with van der Waals surface area (Å²) < 4.78 is 9.71. The van der Waals surface area contributed by atoms with Crippen molar-refractivity contribution in [1.29, 1.82) is 5.26 Å². The fourth-order valence-corrected chi connectivity index (χ4v) is 1.26. The van der Waals surface area contributed by atoms with E-state index in [-0.39, 0.29) is 24.6 Å². The van der Waals surface area contributed by atoms with E-state index in [1.807, 2.05) is 0 Å². The zero-order valence-corrected chi connectivity index (χ0v) is 10.3. The molecule has 1 rings (SSSR count). The van der Waals surface area contributed by atoms with Gasteiger partial charge in [0.05, 0.1) is 24.4 Å². The van der Waals surface area contributed by atoms with E-state index in [1.54, 1.807) is 6.07 Å². The molecule has 0 aliphatic rings. The second-order valence-corrected chi connectivity index (χ2v) is 3.47. The van der Waals surface area contributed by atoms with Gasteiger partial charge in [0.2, 0.25) is 0 Å². The van der Waals surface area contributed by atoms with Crippen LogP contribution in [0.25, 0.3) is 0 Å². The molecule has 0 aliphatic heterocycles. The number of nitrogen functional groups attached to an aromatic ring is 1. The number of nitrogens with two attached hydrogens (primary N) is 1. The molecule has 7 nitrogen and oxygen atoms in total. The van der Waals surface area contributed by atoms with Crippen molar-refractivity contribution in [2.45, 2.75) is 0 Å². The summed E-state index contributed by atoms with van der Waals surface area (Å²) in [5.74, 6) is -0.664. The smallest absolute Gasteiger partial charge is 0.337 e. The van der Waals surface area contributed by atoms with E-state index in [0.717, 1.165) is 0 Å². The number of rotatable bonds is 5. The lowest BCUT2D eigenvalue weighted by Gasteiger charge is -2.09. The Balaban J connectivity index is 2.63. The number of methoxy groups -OCH3 is 1. The summed E-state index contributed by atoms with van der Waals surface area (Å²) in [6.07, 6.45) is 0. The first kappa shape index (κ1) is 14.3. The van der Waals surface area contributed by atoms with Gasteiger partial charge in [0.15, 0.2) is 6.61 Å². The molecule has 7 heteroatoms. The molecule has 3 N–H and O–H groups in total. The predicted molar refractivity (Wildman–Crippen MR) is 66.3 cm³/mol. The van der Waals surface area contributed by atoms with Gasteiger partial charge in [-0.15, -0.1) is 0 Å². The molecule has 1 aromatic rings. The predicted octanol–water partition coefficient (Wildman–Crippen LogP) is 0.0740. The van der Waals surface area contributed by atoms with Crippen molar-refractivity contribution >= 4 is 17.6 Å². The monoisotopic (exact) mass is 263 g/mol. The SMILES string of the molecule is COC(=O)c1ccc(OCC(=O)NCC#N)c(N)c1. The van der Waals surface area contributed by atoms with Gasteiger partial charge in [-0.05, 0) is 18.2 Å². The van der Waals surface area contributed by atoms with Gasteiger partial charge in [-0.25, -0.2) is 4.79 Å². The quantitative estimate of drug-likeness (QED) is 0.441. The summed E-state index contributed by atoms with van der Waals surface area (Å²) >= 11 is 0. The summed E-state index contributed by atoms with van der Waals surface area (Å²) in [6.45, 7) is -0.345. The number of carbonyl (C=O) groups is 2. The molecule has 0 saturated carbocycles. The van der Waals surface area contributed by atoms with Gasteiger partial charge >= 0.3 is 5.97 Å². The highest BCUT2D eigenvalue weighted by Gasteiger charge is 2.10. The molecule has 0 unspecified atom stereocenters. The zero-order valence-electron chi connectivity index (χ0n) is 10.3. The van der Waals surface area contributed by atoms with Crippen LogP contribution in [0.15, 0.2) is 18.2 Å². The summed E-state index contributed by atoms with van der Waals surface area (Å²) in [6, 6.07) is 6.12. The molecule has 100 valence electrons. The van der Waals surface area contributed by atoms with E-state index in [2.05, 4.69) is 10.1 Å². The minimum Gasteiger partial charge on any atom is -0.482 e. The highest BCUT2D eigenvalue weighted by molar-refractivity contribution is 5.91. The molecule has 0 fully saturated rings. The first-order valence-electron chi connectivity index (χ1n) is 5.32. The van der Waals surface area contributed by atoms with E-state index in [4.69, 9.17) is 15.7 Å². The number of amides is 1. The molecule has 0 aromatic heterocycles. The normalized spacial score (nSPS) is 9.26. The Labute approximate surface area is 109 Å². The Hall–Kier alpha value is -2.75. The Morgan fingerprint density at radius 3 is 2.79 bits per heavy atom. The number of benzene rings is 1. The Morgan fingerprint density at radius 1 is 1.47 bits per heavy atom. The van der Waals surface area contributed by atoms with Crippen molar-refractivity contribution in [1.82, 2.24) is 5.32 Å². The maximum atomic E-state index is 11.2. The van der Waals surface area contributed by atoms with Crippen LogP contribution in [0, 0.1) is 11.3 Å². The number of hydrogen-bond acceptors (Lipinski definition) is 6. The van der Waals surface area contributed by atoms with Crippen molar-refractivity contribution in [3.8, 4) is 11.8 Å². The summed E-state index contributed by atoms with van der Waals surface area (Å²) in [5, 5.41) is 10.6. The van der Waals surface area contributed by atoms with Crippen LogP contribution in [0.2, 0.25) is 0 Å². The maximum absolute atomic E-state index is 11.2. The molecule has 0 atom stereocenters. The van der Waals surface area contributed by atoms with Gasteiger partial charge in [0, 0.05) is 0 Å². The molecule has 0 radical (unpaired) electrons. The number of esters is 1. The van der Waals surface area contributed by atoms with Crippen LogP contribution in [0.1, 0.15) is 10.4 Å². The lowest BCUT2D eigenvalue weighted by molar-refractivity contribution is -0.122. The number of nitrogens with one attached hydrogen (secondary N) is 1. The number of anilines is 1. The van der Waals surface area contributed by atoms with Gasteiger partial charge in [-0.2, -0.15) is 5.26 Å². The van der Waals surface area contributed by atoms with E-state index < -0.39 is 11.9 Å². The van der Waals surface area contributed by atoms with E-state index in [9.17, 15) is 9.59 Å². The molecule has 0 saturated heterocycles. The van der Waals surface area contributed by atoms with Crippen LogP contribution >= 0.6 is 0 Å². The average Bonchev–Trinajstić information content (AvgIpc) is 2.42. The Bertz CT molecular complexity index is 522. The second-order valence-electron chi connectivity index (χ2n) is 3.47. The largest absolute Gasteiger partial charge is 0.482 e. The molecular weight excluding hydrogens is 250 g/mol. The van der Waals surface area contributed by atoms with Crippen LogP contribution in [0.4, 0.5) is 5.69 Å². The Kier molecular flexibility index (Phi) is 5.17. The molecule has 1 amide bonds. The lowest BCUT2D eigenvalue weighted by atomic mass is 10.2. The van der Waals surface area contributed by atoms with Crippen molar-refractivity contribution < 1.29 is 19.1 Å². The van der Waals surface area contributed by atoms with Crippen molar-refractivity contribution in [2.75, 3.05) is 26.0 Å². The fraction of sp³-hybridized carbons (Fsp3) is 0.250. The van der Waals surface area contributed by atoms with E-state index in [1.165, 1.54) is 25.3 Å². The summed E-state index contributed by atoms with van der Waals surface area (Å²) in [4.78, 5) is 22.5. The van der Waals surface area contributed by atoms with Crippen LogP contribution in [0.3, 0.4) is 0 Å². The molecule has 0 heterocycles. The second kappa shape index (κ2) is 6.86. The lowest BCUT2D eigenvalue weighted by Crippen LogP contribution is -2.29. The molecular formula is C12H13N3O4. The van der Waals surface area contributed by atoms with E-state index in [0.29, 0.717) is 5.56 Å². The Morgan fingerprint density at radius 2 is 2.21 bits per heavy atom. The van der Waals surface area contributed by atoms with Crippen LogP contribution in [-0.2, 0) is 9.53 Å². The number of nitriles is 1. The third-order valence-electron chi connectivity index (χ3n) is 2.15. The molecule has 0 aliphatic carbocycles. The number of carbonyl (C=O) groups excluding carboxylic acids is 2. The molecule has 0 spiro atoms. The number of nitrogens with zero attached hydrogens (tertiary/aromatic N) is 1. The molecule has 19 heavy (non-hydrogen) atoms. The van der Waals surface area contributed by atoms with Crippen LogP contribution < -0.4 is 15.8 Å². The summed E-state index contributed by atoms with van der Waals surface area (Å²) in [5.41, 5.74) is 6.19. The third kappa shape index (κ3) is 4.20. The van der Waals surface area contributed by atoms with Crippen molar-refractivity contribution in [2.24, 2.45) is 0 Å². The van der Waals surface area contributed by atoms with Gasteiger partial charge < -0.3 is 20.5 Å². The van der Waals surface area contributed by atoms with Gasteiger partial charge in [0.25, 0.3) is 5.91 Å². The average molecular weight is 263 g/mol. The highest BCUT2D eigenvalue weighted by Crippen LogP contribution is 2.22. The van der Waals surface area contributed by atoms with Gasteiger partial charge in [-0.3, -0.25) is 4.79 Å². The minimum atomic E-state index is -0.509. The van der Waals surface area contributed by atoms with Crippen LogP contribution in [0.5, 0.6) is 5.75 Å². The van der Waals surface area contributed by atoms with Gasteiger partial charge in [0.1, 0.15) is 12.3 Å². The highest BCUT2D eigenvalue weighted by atomic mass is 16.5. The van der Waals surface area contributed by atoms with Gasteiger partial charge in [-0.1, -0.05) is 0 Å². The molecule has 0 bridgehead atoms. The topological polar surface area (TPSA) is 114 Å². The maximum Gasteiger partial charge on any atom is 0.337 e. The first-order valence-corrected chi connectivity index (χ1v) is 5.32. The minimum absolute atomic E-state index is 0.0844. The van der Waals surface area contributed by atoms with Crippen LogP contribution in [-0.4, -0.2) is 32.1 Å². The van der Waals surface area contributed by atoms with Crippen molar-refractivity contribution in [3.05, 3.63) is 23.8 Å². The first-order chi connectivity index (χ1) is 9.08. The van der Waals surface area contributed by atoms with Crippen molar-refractivity contribution in [3.63, 3.8) is 0 Å². The number of hydrogen-bond donors (Lipinski definition) is 2. The fourth-order valence-electron chi connectivity index (χ4n) is 1.26. The van der Waals surface area contributed by atoms with E-state index >= 15 is 0 Å². The number of ether oxygens (including phenoxy) is 2. The standard InChI is InChI=1S/C12H13N3O4/c1-18-12(17)8-2-3-10(9(14)6-8)19-7-11(16)15-5-4-13/h2-3,6H,5,7,14H2,1H3,(H,15,16). The summed E-state index contributed by atoms with van der Waals surface area (Å²) in [7, 11) is 1.27.